The van der Waals surface area contributed by atoms with Gasteiger partial charge in [-0.1, -0.05) is 167 Å². The molecule has 0 bridgehead atoms. The van der Waals surface area contributed by atoms with Crippen LogP contribution in [0, 0.1) is 13.0 Å². The van der Waals surface area contributed by atoms with E-state index >= 15 is 0 Å². The zero-order valence-corrected chi connectivity index (χ0v) is 34.6. The normalized spacial score (nSPS) is 6.89. The standard InChI is InChI=1S/C13H12.C9H12.C6H5.5C2H6.3CH4O.Y/c1-3-7-12(8-4-1)11-13-9-5-2-6-10-13;1-3-9-6-4-5-8(2)7-9;1-2-4-6-5-3-1;8*1-2;/h1-10H,11H2;4-7H,3H2,1-2H3;1-5H;5*1-2H3;3*2H,1H3;/q;;-1;;;;;;;;;. The van der Waals surface area contributed by atoms with E-state index in [1.54, 1.807) is 0 Å². The Morgan fingerprint density at radius 3 is 0.978 bits per heavy atom. The van der Waals surface area contributed by atoms with Crippen molar-refractivity contribution in [3.05, 3.63) is 144 Å². The summed E-state index contributed by atoms with van der Waals surface area (Å²) in [5.74, 6) is 0. The fourth-order valence-electron chi connectivity index (χ4n) is 2.70. The van der Waals surface area contributed by atoms with Crippen LogP contribution < -0.4 is 0 Å². The number of aliphatic hydroxyl groups excluding tert-OH is 3. The first-order valence-corrected chi connectivity index (χ1v) is 16.2. The molecule has 4 aromatic rings. The maximum absolute atomic E-state index is 7.00. The van der Waals surface area contributed by atoms with Gasteiger partial charge in [0.1, 0.15) is 0 Å². The molecule has 1 radical (unpaired) electrons. The fourth-order valence-corrected chi connectivity index (χ4v) is 2.70. The molecular weight excluding hydrogens is 629 g/mol. The Labute approximate surface area is 307 Å². The van der Waals surface area contributed by atoms with Crippen LogP contribution in [0.15, 0.2) is 115 Å². The molecule has 3 N–H and O–H groups in total. The predicted molar refractivity (Wildman–Crippen MR) is 203 cm³/mol. The second kappa shape index (κ2) is 68.9. The summed E-state index contributed by atoms with van der Waals surface area (Å²) < 4.78 is 0. The summed E-state index contributed by atoms with van der Waals surface area (Å²) in [4.78, 5) is 0. The summed E-state index contributed by atoms with van der Waals surface area (Å²) in [6.45, 7) is 24.3. The minimum Gasteiger partial charge on any atom is -0.400 e. The zero-order chi connectivity index (χ0) is 35.9. The van der Waals surface area contributed by atoms with Crippen molar-refractivity contribution in [1.82, 2.24) is 0 Å². The molecule has 0 atom stereocenters. The Morgan fingerprint density at radius 1 is 0.444 bits per heavy atom. The summed E-state index contributed by atoms with van der Waals surface area (Å²) in [6.07, 6.45) is 2.17. The zero-order valence-electron chi connectivity index (χ0n) is 31.8. The molecule has 45 heavy (non-hydrogen) atoms. The third kappa shape index (κ3) is 51.7. The minimum absolute atomic E-state index is 0. The summed E-state index contributed by atoms with van der Waals surface area (Å²) >= 11 is 0. The molecule has 0 fully saturated rings. The molecular formula is C41H71O3Y-. The van der Waals surface area contributed by atoms with Gasteiger partial charge in [0.25, 0.3) is 0 Å². The topological polar surface area (TPSA) is 60.7 Å². The molecule has 4 rings (SSSR count). The molecule has 0 heterocycles. The van der Waals surface area contributed by atoms with Crippen molar-refractivity contribution in [2.45, 2.75) is 95.9 Å². The van der Waals surface area contributed by atoms with Gasteiger partial charge in [0.15, 0.2) is 0 Å². The van der Waals surface area contributed by atoms with Crippen molar-refractivity contribution < 1.29 is 48.0 Å². The number of aryl methyl sites for hydroxylation is 2. The van der Waals surface area contributed by atoms with Crippen LogP contribution in [-0.4, -0.2) is 36.6 Å². The summed E-state index contributed by atoms with van der Waals surface area (Å²) in [5.41, 5.74) is 5.52. The molecule has 0 aliphatic rings. The number of hydrogen-bond donors (Lipinski definition) is 3. The Morgan fingerprint density at radius 2 is 0.756 bits per heavy atom. The Balaban J connectivity index is -0.0000000634. The first-order chi connectivity index (χ1) is 21.8. The smallest absolute Gasteiger partial charge is 0.0319 e. The van der Waals surface area contributed by atoms with E-state index in [2.05, 4.69) is 105 Å². The van der Waals surface area contributed by atoms with Gasteiger partial charge in [-0.3, -0.25) is 0 Å². The van der Waals surface area contributed by atoms with E-state index in [9.17, 15) is 0 Å². The van der Waals surface area contributed by atoms with Crippen LogP contribution in [0.4, 0.5) is 0 Å². The van der Waals surface area contributed by atoms with Crippen molar-refractivity contribution in [3.63, 3.8) is 0 Å². The predicted octanol–water partition coefficient (Wildman–Crippen LogP) is 11.3. The van der Waals surface area contributed by atoms with Crippen LogP contribution in [0.1, 0.15) is 98.4 Å². The summed E-state index contributed by atoms with van der Waals surface area (Å²) in [5, 5.41) is 21.0. The van der Waals surface area contributed by atoms with Gasteiger partial charge in [-0.15, -0.1) is 0 Å². The summed E-state index contributed by atoms with van der Waals surface area (Å²) in [6, 6.07) is 42.2. The molecule has 4 aromatic carbocycles. The van der Waals surface area contributed by atoms with Crippen LogP contribution in [0.5, 0.6) is 0 Å². The van der Waals surface area contributed by atoms with E-state index in [4.69, 9.17) is 15.3 Å². The molecule has 0 unspecified atom stereocenters. The maximum atomic E-state index is 7.00. The van der Waals surface area contributed by atoms with Crippen molar-refractivity contribution in [3.8, 4) is 0 Å². The average Bonchev–Trinajstić information content (AvgIpc) is 3.17. The van der Waals surface area contributed by atoms with Crippen molar-refractivity contribution >= 4 is 0 Å². The van der Waals surface area contributed by atoms with Crippen LogP contribution in [0.25, 0.3) is 0 Å². The number of aliphatic hydroxyl groups is 3. The average molecular weight is 701 g/mol. The van der Waals surface area contributed by atoms with E-state index in [1.807, 2.05) is 99.6 Å². The molecule has 0 aliphatic carbocycles. The van der Waals surface area contributed by atoms with Gasteiger partial charge in [-0.05, 0) is 36.5 Å². The SMILES string of the molecule is CC.CC.CC.CC.CC.CCc1cccc(C)c1.CO.CO.CO.[Y].[c-]1ccccc1.c1ccc(Cc2ccccc2)cc1. The van der Waals surface area contributed by atoms with Crippen molar-refractivity contribution in [1.29, 1.82) is 0 Å². The van der Waals surface area contributed by atoms with E-state index in [0.29, 0.717) is 0 Å². The van der Waals surface area contributed by atoms with Crippen LogP contribution in [-0.2, 0) is 45.6 Å². The molecule has 4 heteroatoms. The first-order valence-electron chi connectivity index (χ1n) is 16.2. The van der Waals surface area contributed by atoms with Gasteiger partial charge in [0.05, 0.1) is 0 Å². The van der Waals surface area contributed by atoms with Gasteiger partial charge in [0, 0.05) is 54.0 Å². The number of benzene rings is 4. The van der Waals surface area contributed by atoms with Gasteiger partial charge < -0.3 is 15.3 Å². The molecule has 0 amide bonds. The number of hydrogen-bond acceptors (Lipinski definition) is 3. The largest absolute Gasteiger partial charge is 0.400 e. The van der Waals surface area contributed by atoms with Gasteiger partial charge in [-0.25, -0.2) is 0 Å². The first kappa shape index (κ1) is 61.8. The molecule has 0 saturated carbocycles. The molecule has 0 aromatic heterocycles. The third-order valence-electron chi connectivity index (χ3n) is 4.19. The van der Waals surface area contributed by atoms with Crippen molar-refractivity contribution in [2.75, 3.05) is 21.3 Å². The van der Waals surface area contributed by atoms with Gasteiger partial charge in [-0.2, -0.15) is 36.4 Å². The Kier molecular flexibility index (Phi) is 94.6. The van der Waals surface area contributed by atoms with Crippen LogP contribution in [0.3, 0.4) is 0 Å². The second-order valence-corrected chi connectivity index (χ2v) is 6.57. The summed E-state index contributed by atoms with van der Waals surface area (Å²) in [7, 11) is 3.00. The van der Waals surface area contributed by atoms with Gasteiger partial charge in [0.2, 0.25) is 0 Å². The molecule has 0 spiro atoms. The Bertz CT molecular complexity index is 824. The van der Waals surface area contributed by atoms with E-state index < -0.39 is 0 Å². The Hall–Kier alpha value is -2.14. The van der Waals surface area contributed by atoms with Crippen LogP contribution in [0.2, 0.25) is 0 Å². The quantitative estimate of drug-likeness (QED) is 0.187. The van der Waals surface area contributed by atoms with Crippen LogP contribution >= 0.6 is 0 Å². The molecule has 0 saturated heterocycles. The van der Waals surface area contributed by atoms with E-state index in [-0.39, 0.29) is 32.7 Å². The van der Waals surface area contributed by atoms with Crippen molar-refractivity contribution in [2.24, 2.45) is 0 Å². The molecule has 3 nitrogen and oxygen atoms in total. The monoisotopic (exact) mass is 700 g/mol. The van der Waals surface area contributed by atoms with E-state index in [1.165, 1.54) is 22.3 Å². The van der Waals surface area contributed by atoms with Gasteiger partial charge >= 0.3 is 0 Å². The molecule has 0 aliphatic heterocycles. The molecule has 257 valence electrons. The van der Waals surface area contributed by atoms with E-state index in [0.717, 1.165) is 34.2 Å². The second-order valence-electron chi connectivity index (χ2n) is 6.57. The third-order valence-corrected chi connectivity index (χ3v) is 4.19. The maximum Gasteiger partial charge on any atom is 0.0319 e. The fraction of sp³-hybridized carbons (Fsp3) is 0.415. The number of rotatable bonds is 3. The minimum atomic E-state index is 0.